The molecule has 8 heteroatoms. The monoisotopic (exact) mass is 383 g/mol. The van der Waals surface area contributed by atoms with E-state index >= 15 is 0 Å². The van der Waals surface area contributed by atoms with E-state index in [9.17, 15) is 8.42 Å². The van der Waals surface area contributed by atoms with Crippen LogP contribution in [-0.4, -0.2) is 39.6 Å². The van der Waals surface area contributed by atoms with Crippen molar-refractivity contribution in [2.75, 3.05) is 17.6 Å². The topological polar surface area (TPSA) is 73.9 Å². The molecule has 0 atom stereocenters. The summed E-state index contributed by atoms with van der Waals surface area (Å²) in [6.07, 6.45) is 1.12. The first-order valence-electron chi connectivity index (χ1n) is 8.70. The van der Waals surface area contributed by atoms with E-state index in [2.05, 4.69) is 25.5 Å². The SMILES string of the molecule is CC(C)(C)COc1ccc(NS(C)(=O)=O)cc1B1OC(C)(C)C(C)(C)O1. The molecule has 1 aliphatic heterocycles. The standard InChI is InChI=1S/C18H30BNO5S/c1-16(2,3)12-23-15-10-9-13(20-26(8,21)22)11-14(15)19-24-17(4,5)18(6,7)25-19/h9-11,20H,12H2,1-8H3. The Hall–Kier alpha value is -1.25. The maximum absolute atomic E-state index is 11.6. The van der Waals surface area contributed by atoms with E-state index in [4.69, 9.17) is 14.0 Å². The van der Waals surface area contributed by atoms with E-state index in [1.165, 1.54) is 0 Å². The molecule has 0 aliphatic carbocycles. The molecule has 0 amide bonds. The Balaban J connectivity index is 2.40. The Morgan fingerprint density at radius 1 is 1.12 bits per heavy atom. The van der Waals surface area contributed by atoms with Crippen LogP contribution in [0.5, 0.6) is 5.75 Å². The predicted molar refractivity (Wildman–Crippen MR) is 106 cm³/mol. The van der Waals surface area contributed by atoms with Gasteiger partial charge in [0.2, 0.25) is 10.0 Å². The van der Waals surface area contributed by atoms with Crippen molar-refractivity contribution in [3.8, 4) is 5.75 Å². The highest BCUT2D eigenvalue weighted by atomic mass is 32.2. The molecule has 0 unspecified atom stereocenters. The van der Waals surface area contributed by atoms with Crippen molar-refractivity contribution in [2.24, 2.45) is 5.41 Å². The van der Waals surface area contributed by atoms with E-state index in [1.54, 1.807) is 18.2 Å². The molecule has 1 aromatic carbocycles. The maximum Gasteiger partial charge on any atom is 0.498 e. The van der Waals surface area contributed by atoms with Gasteiger partial charge in [-0.2, -0.15) is 0 Å². The zero-order valence-corrected chi connectivity index (χ0v) is 17.8. The number of benzene rings is 1. The van der Waals surface area contributed by atoms with Crippen LogP contribution in [0.4, 0.5) is 5.69 Å². The molecule has 0 radical (unpaired) electrons. The molecule has 6 nitrogen and oxygen atoms in total. The molecule has 1 heterocycles. The number of ether oxygens (including phenoxy) is 1. The van der Waals surface area contributed by atoms with E-state index in [-0.39, 0.29) is 5.41 Å². The van der Waals surface area contributed by atoms with Gasteiger partial charge >= 0.3 is 7.12 Å². The first-order valence-corrected chi connectivity index (χ1v) is 10.6. The third-order valence-electron chi connectivity index (χ3n) is 4.48. The highest BCUT2D eigenvalue weighted by Crippen LogP contribution is 2.37. The van der Waals surface area contributed by atoms with Crippen molar-refractivity contribution in [2.45, 2.75) is 59.7 Å². The summed E-state index contributed by atoms with van der Waals surface area (Å²) in [5.41, 5.74) is 0.0943. The molecule has 0 spiro atoms. The summed E-state index contributed by atoms with van der Waals surface area (Å²) >= 11 is 0. The van der Waals surface area contributed by atoms with E-state index in [1.807, 2.05) is 27.7 Å². The zero-order chi connectivity index (χ0) is 20.0. The van der Waals surface area contributed by atoms with Crippen molar-refractivity contribution >= 4 is 28.3 Å². The largest absolute Gasteiger partial charge is 0.498 e. The second-order valence-corrected chi connectivity index (χ2v) is 10.8. The second-order valence-electron chi connectivity index (χ2n) is 9.06. The molecule has 0 aromatic heterocycles. The average molecular weight is 383 g/mol. The quantitative estimate of drug-likeness (QED) is 0.792. The highest BCUT2D eigenvalue weighted by Gasteiger charge is 2.52. The van der Waals surface area contributed by atoms with Crippen LogP contribution in [0.15, 0.2) is 18.2 Å². The summed E-state index contributed by atoms with van der Waals surface area (Å²) in [7, 11) is -4.03. The number of hydrogen-bond acceptors (Lipinski definition) is 5. The molecular formula is C18H30BNO5S. The van der Waals surface area contributed by atoms with Gasteiger partial charge in [-0.05, 0) is 51.3 Å². The van der Waals surface area contributed by atoms with Crippen LogP contribution in [-0.2, 0) is 19.3 Å². The molecule has 146 valence electrons. The molecule has 26 heavy (non-hydrogen) atoms. The molecule has 2 rings (SSSR count). The van der Waals surface area contributed by atoms with Crippen LogP contribution >= 0.6 is 0 Å². The summed E-state index contributed by atoms with van der Waals surface area (Å²) in [6.45, 7) is 14.7. The van der Waals surface area contributed by atoms with E-state index in [0.29, 0.717) is 23.5 Å². The summed E-state index contributed by atoms with van der Waals surface area (Å²) in [5.74, 6) is 0.623. The molecule has 1 saturated heterocycles. The first kappa shape index (κ1) is 21.1. The smallest absolute Gasteiger partial charge is 0.493 e. The zero-order valence-electron chi connectivity index (χ0n) is 17.0. The van der Waals surface area contributed by atoms with Gasteiger partial charge in [0.1, 0.15) is 5.75 Å². The lowest BCUT2D eigenvalue weighted by atomic mass is 9.78. The lowest BCUT2D eigenvalue weighted by Crippen LogP contribution is -2.41. The van der Waals surface area contributed by atoms with E-state index in [0.717, 1.165) is 6.26 Å². The van der Waals surface area contributed by atoms with Crippen molar-refractivity contribution in [1.29, 1.82) is 0 Å². The minimum absolute atomic E-state index is 0.0170. The normalized spacial score (nSPS) is 19.5. The van der Waals surface area contributed by atoms with Gasteiger partial charge in [0.15, 0.2) is 0 Å². The molecular weight excluding hydrogens is 353 g/mol. The molecule has 0 bridgehead atoms. The second kappa shape index (κ2) is 6.73. The Morgan fingerprint density at radius 2 is 1.65 bits per heavy atom. The predicted octanol–water partition coefficient (Wildman–Crippen LogP) is 2.78. The fourth-order valence-electron chi connectivity index (χ4n) is 2.41. The van der Waals surface area contributed by atoms with Crippen LogP contribution in [0.3, 0.4) is 0 Å². The average Bonchev–Trinajstić information content (AvgIpc) is 2.63. The Kier molecular flexibility index (Phi) is 5.45. The lowest BCUT2D eigenvalue weighted by molar-refractivity contribution is 0.00578. The molecule has 1 fully saturated rings. The maximum atomic E-state index is 11.6. The minimum atomic E-state index is -3.38. The highest BCUT2D eigenvalue weighted by molar-refractivity contribution is 7.92. The lowest BCUT2D eigenvalue weighted by Gasteiger charge is -2.32. The number of hydrogen-bond donors (Lipinski definition) is 1. The number of rotatable bonds is 5. The van der Waals surface area contributed by atoms with Crippen molar-refractivity contribution in [1.82, 2.24) is 0 Å². The van der Waals surface area contributed by atoms with Gasteiger partial charge in [-0.3, -0.25) is 4.72 Å². The van der Waals surface area contributed by atoms with Gasteiger partial charge in [0.25, 0.3) is 0 Å². The van der Waals surface area contributed by atoms with Crippen molar-refractivity contribution in [3.05, 3.63) is 18.2 Å². The number of nitrogens with one attached hydrogen (secondary N) is 1. The van der Waals surface area contributed by atoms with E-state index < -0.39 is 28.3 Å². The molecule has 0 saturated carbocycles. The minimum Gasteiger partial charge on any atom is -0.493 e. The summed E-state index contributed by atoms with van der Waals surface area (Å²) in [5, 5.41) is 0. The fraction of sp³-hybridized carbons (Fsp3) is 0.667. The molecule has 1 N–H and O–H groups in total. The summed E-state index contributed by atoms with van der Waals surface area (Å²) < 4.78 is 43.9. The van der Waals surface area contributed by atoms with Crippen LogP contribution in [0.25, 0.3) is 0 Å². The van der Waals surface area contributed by atoms with Gasteiger partial charge < -0.3 is 14.0 Å². The van der Waals surface area contributed by atoms with Gasteiger partial charge in [-0.25, -0.2) is 8.42 Å². The number of anilines is 1. The molecule has 1 aromatic rings. The van der Waals surface area contributed by atoms with Gasteiger partial charge in [-0.15, -0.1) is 0 Å². The molecule has 1 aliphatic rings. The third kappa shape index (κ3) is 5.14. The van der Waals surface area contributed by atoms with Gasteiger partial charge in [0.05, 0.1) is 24.1 Å². The Labute approximate surface area is 157 Å². The summed E-state index contributed by atoms with van der Waals surface area (Å²) in [4.78, 5) is 0. The third-order valence-corrected chi connectivity index (χ3v) is 5.09. The number of sulfonamides is 1. The Bertz CT molecular complexity index is 752. The van der Waals surface area contributed by atoms with Gasteiger partial charge in [0, 0.05) is 11.2 Å². The van der Waals surface area contributed by atoms with Crippen molar-refractivity contribution < 1.29 is 22.5 Å². The summed E-state index contributed by atoms with van der Waals surface area (Å²) in [6, 6.07) is 5.13. The van der Waals surface area contributed by atoms with Crippen LogP contribution in [0, 0.1) is 5.41 Å². The van der Waals surface area contributed by atoms with Crippen molar-refractivity contribution in [3.63, 3.8) is 0 Å². The van der Waals surface area contributed by atoms with Crippen LogP contribution < -0.4 is 14.9 Å². The van der Waals surface area contributed by atoms with Gasteiger partial charge in [-0.1, -0.05) is 20.8 Å². The Morgan fingerprint density at radius 3 is 2.12 bits per heavy atom. The first-order chi connectivity index (χ1) is 11.6. The fourth-order valence-corrected chi connectivity index (χ4v) is 2.96. The van der Waals surface area contributed by atoms with Crippen LogP contribution in [0.1, 0.15) is 48.5 Å². The van der Waals surface area contributed by atoms with Crippen LogP contribution in [0.2, 0.25) is 0 Å².